The second-order valence-corrected chi connectivity index (χ2v) is 7.22. The molecule has 32 heavy (non-hydrogen) atoms. The third-order valence-corrected chi connectivity index (χ3v) is 4.94. The van der Waals surface area contributed by atoms with Gasteiger partial charge in [0.1, 0.15) is 17.1 Å². The van der Waals surface area contributed by atoms with Crippen LogP contribution in [0.2, 0.25) is 0 Å². The minimum Gasteiger partial charge on any atom is -0.495 e. The van der Waals surface area contributed by atoms with E-state index < -0.39 is 17.3 Å². The Morgan fingerprint density at radius 1 is 1.03 bits per heavy atom. The third kappa shape index (κ3) is 4.50. The molecule has 1 heterocycles. The molecule has 3 aromatic carbocycles. The average molecular weight is 448 g/mol. The molecule has 2 N–H and O–H groups in total. The van der Waals surface area contributed by atoms with Gasteiger partial charge in [-0.05, 0) is 66.3 Å². The van der Waals surface area contributed by atoms with Gasteiger partial charge in [0, 0.05) is 10.9 Å². The lowest BCUT2D eigenvalue weighted by Gasteiger charge is -2.14. The summed E-state index contributed by atoms with van der Waals surface area (Å²) in [5, 5.41) is 6.24. The van der Waals surface area contributed by atoms with Crippen molar-refractivity contribution < 1.29 is 18.3 Å². The summed E-state index contributed by atoms with van der Waals surface area (Å²) in [6.45, 7) is 0. The quantitative estimate of drug-likeness (QED) is 0.347. The highest BCUT2D eigenvalue weighted by Crippen LogP contribution is 2.30. The second-order valence-electron chi connectivity index (χ2n) is 6.82. The molecule has 0 aliphatic carbocycles. The predicted octanol–water partition coefficient (Wildman–Crippen LogP) is 4.73. The zero-order valence-corrected chi connectivity index (χ0v) is 17.7. The number of fused-ring (bicyclic) bond motifs is 1. The van der Waals surface area contributed by atoms with Crippen LogP contribution in [0.1, 0.15) is 10.4 Å². The molecule has 0 bridgehead atoms. The summed E-state index contributed by atoms with van der Waals surface area (Å²) in [4.78, 5) is 24.8. The molecule has 0 spiro atoms. The highest BCUT2D eigenvalue weighted by atomic mass is 32.1. The van der Waals surface area contributed by atoms with E-state index in [4.69, 9.17) is 21.4 Å². The Hall–Kier alpha value is -4.04. The summed E-state index contributed by atoms with van der Waals surface area (Å²) < 4.78 is 23.8. The Kier molecular flexibility index (Phi) is 5.96. The van der Waals surface area contributed by atoms with Crippen molar-refractivity contribution >= 4 is 39.9 Å². The Balaban J connectivity index is 1.60. The minimum atomic E-state index is -0.493. The molecule has 160 valence electrons. The first-order valence-electron chi connectivity index (χ1n) is 9.54. The van der Waals surface area contributed by atoms with Crippen LogP contribution in [-0.4, -0.2) is 18.1 Å². The zero-order chi connectivity index (χ0) is 22.7. The van der Waals surface area contributed by atoms with E-state index in [1.807, 2.05) is 12.1 Å². The molecular formula is C24H17FN2O4S. The number of hydrogen-bond acceptors (Lipinski definition) is 5. The van der Waals surface area contributed by atoms with Gasteiger partial charge in [0.05, 0.1) is 18.4 Å². The highest BCUT2D eigenvalue weighted by molar-refractivity contribution is 7.80. The molecule has 0 saturated heterocycles. The topological polar surface area (TPSA) is 80.6 Å². The maximum absolute atomic E-state index is 13.1. The Morgan fingerprint density at radius 3 is 2.53 bits per heavy atom. The summed E-state index contributed by atoms with van der Waals surface area (Å²) in [5.41, 5.74) is 1.67. The maximum atomic E-state index is 13.1. The second kappa shape index (κ2) is 8.99. The largest absolute Gasteiger partial charge is 0.495 e. The van der Waals surface area contributed by atoms with Crippen molar-refractivity contribution in [2.45, 2.75) is 0 Å². The third-order valence-electron chi connectivity index (χ3n) is 4.73. The van der Waals surface area contributed by atoms with Gasteiger partial charge >= 0.3 is 5.63 Å². The summed E-state index contributed by atoms with van der Waals surface area (Å²) >= 11 is 5.24. The fourth-order valence-electron chi connectivity index (χ4n) is 3.17. The SMILES string of the molecule is COc1ccc(-c2cc3ccccc3oc2=O)cc1NC(=S)NC(=O)c1ccc(F)cc1. The predicted molar refractivity (Wildman–Crippen MR) is 125 cm³/mol. The molecule has 8 heteroatoms. The van der Waals surface area contributed by atoms with E-state index in [0.29, 0.717) is 28.1 Å². The number of ether oxygens (including phenoxy) is 1. The number of nitrogens with one attached hydrogen (secondary N) is 2. The van der Waals surface area contributed by atoms with Crippen molar-refractivity contribution in [2.24, 2.45) is 0 Å². The fourth-order valence-corrected chi connectivity index (χ4v) is 3.37. The molecule has 6 nitrogen and oxygen atoms in total. The Bertz CT molecular complexity index is 1380. The van der Waals surface area contributed by atoms with E-state index in [2.05, 4.69) is 10.6 Å². The van der Waals surface area contributed by atoms with E-state index >= 15 is 0 Å². The molecule has 0 aliphatic heterocycles. The van der Waals surface area contributed by atoms with Crippen molar-refractivity contribution in [1.29, 1.82) is 0 Å². The van der Waals surface area contributed by atoms with Gasteiger partial charge in [0.2, 0.25) is 0 Å². The number of anilines is 1. The van der Waals surface area contributed by atoms with Gasteiger partial charge in [-0.1, -0.05) is 24.3 Å². The molecule has 0 unspecified atom stereocenters. The molecule has 1 aromatic heterocycles. The Labute approximate surface area is 187 Å². The maximum Gasteiger partial charge on any atom is 0.344 e. The summed E-state index contributed by atoms with van der Waals surface area (Å²) in [5.74, 6) is -0.480. The summed E-state index contributed by atoms with van der Waals surface area (Å²) in [6, 6.07) is 19.1. The number of carbonyl (C=O) groups excluding carboxylic acids is 1. The van der Waals surface area contributed by atoms with Crippen molar-refractivity contribution in [1.82, 2.24) is 5.32 Å². The lowest BCUT2D eigenvalue weighted by molar-refractivity contribution is 0.0977. The number of methoxy groups -OCH3 is 1. The first-order valence-corrected chi connectivity index (χ1v) is 9.94. The number of thiocarbonyl (C=S) groups is 1. The number of hydrogen-bond donors (Lipinski definition) is 2. The average Bonchev–Trinajstić information content (AvgIpc) is 2.79. The smallest absolute Gasteiger partial charge is 0.344 e. The molecule has 0 radical (unpaired) electrons. The molecule has 0 saturated carbocycles. The van der Waals surface area contributed by atoms with E-state index in [9.17, 15) is 14.0 Å². The number of amides is 1. The molecule has 4 aromatic rings. The van der Waals surface area contributed by atoms with Crippen LogP contribution in [0.3, 0.4) is 0 Å². The minimum absolute atomic E-state index is 0.0142. The zero-order valence-electron chi connectivity index (χ0n) is 16.8. The first-order chi connectivity index (χ1) is 15.4. The molecule has 0 fully saturated rings. The first kappa shape index (κ1) is 21.2. The van der Waals surface area contributed by atoms with Crippen LogP contribution in [0.15, 0.2) is 82.0 Å². The van der Waals surface area contributed by atoms with E-state index in [0.717, 1.165) is 5.39 Å². The van der Waals surface area contributed by atoms with E-state index in [-0.39, 0.29) is 10.7 Å². The number of rotatable bonds is 4. The van der Waals surface area contributed by atoms with E-state index in [1.165, 1.54) is 31.4 Å². The van der Waals surface area contributed by atoms with E-state index in [1.54, 1.807) is 36.4 Å². The monoisotopic (exact) mass is 448 g/mol. The van der Waals surface area contributed by atoms with Crippen molar-refractivity contribution in [3.05, 3.63) is 94.6 Å². The molecule has 0 atom stereocenters. The lowest BCUT2D eigenvalue weighted by Crippen LogP contribution is -2.34. The van der Waals surface area contributed by atoms with Gasteiger partial charge in [0.25, 0.3) is 5.91 Å². The summed E-state index contributed by atoms with van der Waals surface area (Å²) in [7, 11) is 1.49. The normalized spacial score (nSPS) is 10.6. The van der Waals surface area contributed by atoms with Crippen LogP contribution >= 0.6 is 12.2 Å². The van der Waals surface area contributed by atoms with Gasteiger partial charge in [0.15, 0.2) is 5.11 Å². The standard InChI is InChI=1S/C24H17FN2O4S/c1-30-21-11-8-15(18-12-16-4-2-3-5-20(16)31-23(18)29)13-19(21)26-24(32)27-22(28)14-6-9-17(25)10-7-14/h2-13H,1H3,(H2,26,27,28,32). The number of halogens is 1. The number of para-hydroxylation sites is 1. The van der Waals surface area contributed by atoms with Gasteiger partial charge in [-0.2, -0.15) is 0 Å². The number of carbonyl (C=O) groups is 1. The molecule has 0 aliphatic rings. The van der Waals surface area contributed by atoms with Crippen molar-refractivity contribution in [3.8, 4) is 16.9 Å². The van der Waals surface area contributed by atoms with Crippen LogP contribution in [0.4, 0.5) is 10.1 Å². The molecule has 4 rings (SSSR count). The van der Waals surface area contributed by atoms with Gasteiger partial charge in [-0.15, -0.1) is 0 Å². The number of benzene rings is 3. The van der Waals surface area contributed by atoms with Crippen molar-refractivity contribution in [3.63, 3.8) is 0 Å². The van der Waals surface area contributed by atoms with Gasteiger partial charge < -0.3 is 14.5 Å². The Morgan fingerprint density at radius 2 is 1.78 bits per heavy atom. The van der Waals surface area contributed by atoms with Crippen LogP contribution in [0, 0.1) is 5.82 Å². The molecule has 1 amide bonds. The van der Waals surface area contributed by atoms with Gasteiger partial charge in [-0.3, -0.25) is 10.1 Å². The highest BCUT2D eigenvalue weighted by Gasteiger charge is 2.14. The summed E-state index contributed by atoms with van der Waals surface area (Å²) in [6.07, 6.45) is 0. The fraction of sp³-hybridized carbons (Fsp3) is 0.0417. The van der Waals surface area contributed by atoms with Crippen LogP contribution in [0.25, 0.3) is 22.1 Å². The van der Waals surface area contributed by atoms with Crippen LogP contribution in [-0.2, 0) is 0 Å². The van der Waals surface area contributed by atoms with Crippen LogP contribution < -0.4 is 21.0 Å². The molecular weight excluding hydrogens is 431 g/mol. The van der Waals surface area contributed by atoms with Crippen molar-refractivity contribution in [2.75, 3.05) is 12.4 Å². The lowest BCUT2D eigenvalue weighted by atomic mass is 10.0. The van der Waals surface area contributed by atoms with Gasteiger partial charge in [-0.25, -0.2) is 9.18 Å². The van der Waals surface area contributed by atoms with Crippen LogP contribution in [0.5, 0.6) is 5.75 Å².